The van der Waals surface area contributed by atoms with Gasteiger partial charge in [-0.1, -0.05) is 12.8 Å². The summed E-state index contributed by atoms with van der Waals surface area (Å²) in [5.41, 5.74) is 1.17. The fourth-order valence-corrected chi connectivity index (χ4v) is 4.34. The van der Waals surface area contributed by atoms with Crippen molar-refractivity contribution in [1.82, 2.24) is 19.7 Å². The zero-order valence-electron chi connectivity index (χ0n) is 15.4. The third-order valence-electron chi connectivity index (χ3n) is 4.88. The molecule has 146 valence electrons. The van der Waals surface area contributed by atoms with Gasteiger partial charge in [-0.2, -0.15) is 5.10 Å². The minimum Gasteiger partial charge on any atom is -0.497 e. The molecule has 3 aromatic rings. The van der Waals surface area contributed by atoms with Crippen LogP contribution >= 0.6 is 0 Å². The molecule has 1 aromatic carbocycles. The maximum atomic E-state index is 12.9. The molecule has 1 aliphatic carbocycles. The predicted octanol–water partition coefficient (Wildman–Crippen LogP) is 3.26. The summed E-state index contributed by atoms with van der Waals surface area (Å²) in [5.74, 6) is 0.871. The summed E-state index contributed by atoms with van der Waals surface area (Å²) in [5, 5.41) is 4.25. The lowest BCUT2D eigenvalue weighted by molar-refractivity contribution is 0.415. The van der Waals surface area contributed by atoms with E-state index >= 15 is 0 Å². The first-order valence-electron chi connectivity index (χ1n) is 9.09. The Balaban J connectivity index is 1.61. The molecule has 0 radical (unpaired) electrons. The van der Waals surface area contributed by atoms with Crippen molar-refractivity contribution in [3.05, 3.63) is 49.1 Å². The van der Waals surface area contributed by atoms with E-state index in [4.69, 9.17) is 4.74 Å². The number of aromatic nitrogens is 4. The number of sulfonamides is 1. The van der Waals surface area contributed by atoms with E-state index in [1.165, 1.54) is 18.6 Å². The van der Waals surface area contributed by atoms with Crippen LogP contribution in [0.4, 0.5) is 5.82 Å². The summed E-state index contributed by atoms with van der Waals surface area (Å²) in [6, 6.07) is 7.45. The minimum atomic E-state index is -3.83. The predicted molar refractivity (Wildman–Crippen MR) is 105 cm³/mol. The van der Waals surface area contributed by atoms with Gasteiger partial charge in [0, 0.05) is 24.2 Å². The molecule has 1 N–H and O–H groups in total. The van der Waals surface area contributed by atoms with Gasteiger partial charge in [-0.15, -0.1) is 0 Å². The summed E-state index contributed by atoms with van der Waals surface area (Å²) in [6.45, 7) is 0. The fraction of sp³-hybridized carbons (Fsp3) is 0.316. The Morgan fingerprint density at radius 1 is 1.11 bits per heavy atom. The van der Waals surface area contributed by atoms with Gasteiger partial charge >= 0.3 is 0 Å². The molecule has 0 amide bonds. The highest BCUT2D eigenvalue weighted by atomic mass is 32.2. The first-order chi connectivity index (χ1) is 13.6. The Morgan fingerprint density at radius 2 is 1.82 bits per heavy atom. The molecule has 2 heterocycles. The summed E-state index contributed by atoms with van der Waals surface area (Å²) in [4.78, 5) is 8.60. The smallest absolute Gasteiger partial charge is 0.266 e. The van der Waals surface area contributed by atoms with Crippen LogP contribution in [0, 0.1) is 0 Å². The van der Waals surface area contributed by atoms with Crippen molar-refractivity contribution in [2.24, 2.45) is 0 Å². The second-order valence-corrected chi connectivity index (χ2v) is 8.36. The van der Waals surface area contributed by atoms with Crippen molar-refractivity contribution >= 4 is 15.8 Å². The van der Waals surface area contributed by atoms with Gasteiger partial charge < -0.3 is 4.74 Å². The number of anilines is 1. The van der Waals surface area contributed by atoms with Crippen LogP contribution < -0.4 is 9.46 Å². The Bertz CT molecular complexity index is 1060. The summed E-state index contributed by atoms with van der Waals surface area (Å²) in [6.07, 6.45) is 10.3. The van der Waals surface area contributed by atoms with Gasteiger partial charge in [0.1, 0.15) is 16.3 Å². The Hall–Kier alpha value is -2.94. The lowest BCUT2D eigenvalue weighted by Crippen LogP contribution is -2.15. The van der Waals surface area contributed by atoms with Crippen LogP contribution in [0.25, 0.3) is 11.3 Å². The molecule has 4 rings (SSSR count). The Morgan fingerprint density at radius 3 is 2.54 bits per heavy atom. The van der Waals surface area contributed by atoms with E-state index in [1.807, 2.05) is 0 Å². The average molecular weight is 399 g/mol. The molecule has 8 nitrogen and oxygen atoms in total. The van der Waals surface area contributed by atoms with Crippen molar-refractivity contribution in [3.8, 4) is 17.0 Å². The van der Waals surface area contributed by atoms with Gasteiger partial charge in [0.25, 0.3) is 10.0 Å². The van der Waals surface area contributed by atoms with E-state index in [0.717, 1.165) is 31.2 Å². The quantitative estimate of drug-likeness (QED) is 0.683. The van der Waals surface area contributed by atoms with E-state index < -0.39 is 10.0 Å². The lowest BCUT2D eigenvalue weighted by atomic mass is 10.1. The molecule has 1 fully saturated rings. The zero-order valence-corrected chi connectivity index (χ0v) is 16.3. The molecule has 1 saturated carbocycles. The second-order valence-electron chi connectivity index (χ2n) is 6.68. The lowest BCUT2D eigenvalue weighted by Gasteiger charge is -2.11. The van der Waals surface area contributed by atoms with Gasteiger partial charge in [-0.25, -0.2) is 13.4 Å². The maximum absolute atomic E-state index is 12.9. The molecular formula is C19H21N5O3S. The Kier molecular flexibility index (Phi) is 4.99. The first-order valence-corrected chi connectivity index (χ1v) is 10.6. The van der Waals surface area contributed by atoms with Crippen molar-refractivity contribution in [3.63, 3.8) is 0 Å². The standard InChI is InChI=1S/C19H21N5O3S/c1-27-16-8-6-14(7-9-16)18-19(21-11-10-20-18)23-28(25,26)17-12-22-24(13-17)15-4-2-3-5-15/h6-13,15H,2-5H2,1H3,(H,21,23). The molecule has 0 atom stereocenters. The number of ether oxygens (including phenoxy) is 1. The Labute approximate surface area is 163 Å². The summed E-state index contributed by atoms with van der Waals surface area (Å²) < 4.78 is 35.2. The number of methoxy groups -OCH3 is 1. The number of nitrogens with one attached hydrogen (secondary N) is 1. The van der Waals surface area contributed by atoms with Crippen LogP contribution in [-0.2, 0) is 10.0 Å². The van der Waals surface area contributed by atoms with Crippen molar-refractivity contribution in [1.29, 1.82) is 0 Å². The first kappa shape index (κ1) is 18.4. The van der Waals surface area contributed by atoms with Crippen molar-refractivity contribution in [2.75, 3.05) is 11.8 Å². The number of rotatable bonds is 6. The minimum absolute atomic E-state index is 0.116. The van der Waals surface area contributed by atoms with Crippen molar-refractivity contribution < 1.29 is 13.2 Å². The molecule has 1 aliphatic rings. The normalized spacial score (nSPS) is 14.9. The van der Waals surface area contributed by atoms with E-state index in [-0.39, 0.29) is 16.8 Å². The highest BCUT2D eigenvalue weighted by Crippen LogP contribution is 2.30. The molecule has 2 aromatic heterocycles. The van der Waals surface area contributed by atoms with Gasteiger partial charge in [-0.05, 0) is 37.1 Å². The molecular weight excluding hydrogens is 378 g/mol. The van der Waals surface area contributed by atoms with Crippen LogP contribution in [0.3, 0.4) is 0 Å². The topological polar surface area (TPSA) is 99.0 Å². The number of benzene rings is 1. The van der Waals surface area contributed by atoms with E-state index in [2.05, 4.69) is 19.8 Å². The number of hydrogen-bond acceptors (Lipinski definition) is 6. The van der Waals surface area contributed by atoms with Crippen LogP contribution in [0.2, 0.25) is 0 Å². The highest BCUT2D eigenvalue weighted by molar-refractivity contribution is 7.92. The SMILES string of the molecule is COc1ccc(-c2nccnc2NS(=O)(=O)c2cnn(C3CCCC3)c2)cc1. The molecule has 0 aliphatic heterocycles. The van der Waals surface area contributed by atoms with Gasteiger partial charge in [0.15, 0.2) is 5.82 Å². The average Bonchev–Trinajstić information content (AvgIpc) is 3.40. The van der Waals surface area contributed by atoms with E-state index in [9.17, 15) is 8.42 Å². The second kappa shape index (κ2) is 7.59. The van der Waals surface area contributed by atoms with Gasteiger partial charge in [-0.3, -0.25) is 14.4 Å². The van der Waals surface area contributed by atoms with Crippen LogP contribution in [0.15, 0.2) is 53.9 Å². The fourth-order valence-electron chi connectivity index (χ4n) is 3.39. The molecule has 0 unspecified atom stereocenters. The maximum Gasteiger partial charge on any atom is 0.266 e. The number of nitrogens with zero attached hydrogens (tertiary/aromatic N) is 4. The third kappa shape index (κ3) is 3.70. The van der Waals surface area contributed by atoms with Crippen LogP contribution in [-0.4, -0.2) is 35.3 Å². The zero-order chi connectivity index (χ0) is 19.6. The largest absolute Gasteiger partial charge is 0.497 e. The van der Waals surface area contributed by atoms with Gasteiger partial charge in [0.05, 0.1) is 19.3 Å². The van der Waals surface area contributed by atoms with Crippen molar-refractivity contribution in [2.45, 2.75) is 36.6 Å². The van der Waals surface area contributed by atoms with E-state index in [0.29, 0.717) is 11.4 Å². The third-order valence-corrected chi connectivity index (χ3v) is 6.17. The van der Waals surface area contributed by atoms with Crippen LogP contribution in [0.1, 0.15) is 31.7 Å². The van der Waals surface area contributed by atoms with E-state index in [1.54, 1.807) is 42.3 Å². The van der Waals surface area contributed by atoms with Crippen LogP contribution in [0.5, 0.6) is 5.75 Å². The molecule has 0 bridgehead atoms. The monoisotopic (exact) mass is 399 g/mol. The molecule has 28 heavy (non-hydrogen) atoms. The molecule has 0 saturated heterocycles. The summed E-state index contributed by atoms with van der Waals surface area (Å²) in [7, 11) is -2.24. The highest BCUT2D eigenvalue weighted by Gasteiger charge is 2.23. The summed E-state index contributed by atoms with van der Waals surface area (Å²) >= 11 is 0. The van der Waals surface area contributed by atoms with Gasteiger partial charge in [0.2, 0.25) is 0 Å². The number of hydrogen-bond donors (Lipinski definition) is 1. The molecule has 9 heteroatoms. The molecule has 0 spiro atoms.